The summed E-state index contributed by atoms with van der Waals surface area (Å²) in [5, 5.41) is 1.31. The lowest BCUT2D eigenvalue weighted by Crippen LogP contribution is -2.24. The minimum atomic E-state index is -0.0727. The normalized spacial score (nSPS) is 13.6. The van der Waals surface area contributed by atoms with Crippen LogP contribution in [0.1, 0.15) is 60.6 Å². The molecule has 4 aromatic rings. The molecule has 0 aliphatic rings. The molecule has 2 atom stereocenters. The van der Waals surface area contributed by atoms with Crippen molar-refractivity contribution in [3.8, 4) is 5.75 Å². The van der Waals surface area contributed by atoms with Gasteiger partial charge in [0.2, 0.25) is 0 Å². The van der Waals surface area contributed by atoms with Crippen molar-refractivity contribution < 1.29 is 4.74 Å². The van der Waals surface area contributed by atoms with Gasteiger partial charge in [-0.3, -0.25) is 4.99 Å². The number of ether oxygens (including phenoxy) is 1. The molecule has 4 rings (SSSR count). The Balaban J connectivity index is 1.75. The third kappa shape index (κ3) is 6.38. The van der Waals surface area contributed by atoms with Gasteiger partial charge in [-0.05, 0) is 68.2 Å². The summed E-state index contributed by atoms with van der Waals surface area (Å²) in [6, 6.07) is 31.8. The first-order chi connectivity index (χ1) is 17.8. The van der Waals surface area contributed by atoms with Crippen LogP contribution in [-0.4, -0.2) is 5.71 Å². The van der Waals surface area contributed by atoms with Gasteiger partial charge in [-0.1, -0.05) is 107 Å². The molecule has 2 unspecified atom stereocenters. The van der Waals surface area contributed by atoms with Crippen molar-refractivity contribution in [3.05, 3.63) is 124 Å². The SMILES string of the molecule is CCC(C)(Pc1c(C)cccc1/C(C)=N/c1ccccc1)c1cc(C)cc(C)c1OCc1ccccc1. The smallest absolute Gasteiger partial charge is 0.126 e. The maximum absolute atomic E-state index is 6.56. The number of nitrogens with zero attached hydrogens (tertiary/aromatic N) is 1. The Morgan fingerprint density at radius 1 is 0.838 bits per heavy atom. The van der Waals surface area contributed by atoms with Gasteiger partial charge in [-0.15, -0.1) is 0 Å². The molecule has 37 heavy (non-hydrogen) atoms. The number of hydrogen-bond donors (Lipinski definition) is 0. The van der Waals surface area contributed by atoms with Gasteiger partial charge in [-0.25, -0.2) is 0 Å². The Bertz CT molecular complexity index is 1380. The molecule has 0 saturated heterocycles. The van der Waals surface area contributed by atoms with Crippen LogP contribution in [-0.2, 0) is 11.8 Å². The van der Waals surface area contributed by atoms with Crippen molar-refractivity contribution in [2.75, 3.05) is 0 Å². The number of aryl methyl sites for hydroxylation is 3. The Hall–Kier alpha value is -3.22. The van der Waals surface area contributed by atoms with E-state index in [1.54, 1.807) is 0 Å². The number of hydrogen-bond acceptors (Lipinski definition) is 2. The summed E-state index contributed by atoms with van der Waals surface area (Å²) in [5.41, 5.74) is 9.54. The van der Waals surface area contributed by atoms with Gasteiger partial charge in [0, 0.05) is 22.0 Å². The Labute approximate surface area is 224 Å². The second-order valence-corrected chi connectivity index (χ2v) is 11.9. The molecule has 0 heterocycles. The van der Waals surface area contributed by atoms with E-state index >= 15 is 0 Å². The molecule has 3 heteroatoms. The van der Waals surface area contributed by atoms with Gasteiger partial charge in [-0.2, -0.15) is 0 Å². The van der Waals surface area contributed by atoms with Crippen molar-refractivity contribution in [1.29, 1.82) is 0 Å². The molecule has 190 valence electrons. The van der Waals surface area contributed by atoms with E-state index in [4.69, 9.17) is 9.73 Å². The largest absolute Gasteiger partial charge is 0.488 e. The molecule has 0 aliphatic carbocycles. The first-order valence-corrected chi connectivity index (χ1v) is 14.1. The predicted molar refractivity (Wildman–Crippen MR) is 162 cm³/mol. The molecule has 0 bridgehead atoms. The average Bonchev–Trinajstić information content (AvgIpc) is 2.90. The van der Waals surface area contributed by atoms with E-state index in [1.807, 2.05) is 24.3 Å². The highest BCUT2D eigenvalue weighted by Crippen LogP contribution is 2.49. The Kier molecular flexibility index (Phi) is 8.62. The van der Waals surface area contributed by atoms with Crippen LogP contribution in [0, 0.1) is 20.8 Å². The van der Waals surface area contributed by atoms with Gasteiger partial charge >= 0.3 is 0 Å². The number of para-hydroxylation sites is 1. The lowest BCUT2D eigenvalue weighted by atomic mass is 9.92. The van der Waals surface area contributed by atoms with Crippen LogP contribution in [0.15, 0.2) is 96.0 Å². The van der Waals surface area contributed by atoms with Crippen molar-refractivity contribution in [2.24, 2.45) is 4.99 Å². The van der Waals surface area contributed by atoms with Crippen LogP contribution in [0.25, 0.3) is 0 Å². The highest BCUT2D eigenvalue weighted by molar-refractivity contribution is 7.49. The number of benzene rings is 4. The summed E-state index contributed by atoms with van der Waals surface area (Å²) in [4.78, 5) is 4.96. The zero-order chi connectivity index (χ0) is 26.4. The lowest BCUT2D eigenvalue weighted by molar-refractivity contribution is 0.297. The summed E-state index contributed by atoms with van der Waals surface area (Å²) in [6.07, 6.45) is 1.01. The lowest BCUT2D eigenvalue weighted by Gasteiger charge is -2.33. The zero-order valence-electron chi connectivity index (χ0n) is 22.9. The van der Waals surface area contributed by atoms with E-state index in [0.29, 0.717) is 15.2 Å². The van der Waals surface area contributed by atoms with Gasteiger partial charge in [0.1, 0.15) is 12.4 Å². The molecule has 0 fully saturated rings. The van der Waals surface area contributed by atoms with Crippen LogP contribution >= 0.6 is 8.58 Å². The van der Waals surface area contributed by atoms with Crippen LogP contribution in [0.5, 0.6) is 5.75 Å². The maximum atomic E-state index is 6.56. The molecular weight excluding hydrogens is 469 g/mol. The van der Waals surface area contributed by atoms with Crippen LogP contribution in [0.3, 0.4) is 0 Å². The molecule has 0 N–H and O–H groups in total. The summed E-state index contributed by atoms with van der Waals surface area (Å²) in [7, 11) is 0.576. The van der Waals surface area contributed by atoms with Crippen LogP contribution in [0.2, 0.25) is 0 Å². The first kappa shape index (κ1) is 26.8. The molecule has 4 aromatic carbocycles. The highest BCUT2D eigenvalue weighted by Gasteiger charge is 2.31. The monoisotopic (exact) mass is 507 g/mol. The summed E-state index contributed by atoms with van der Waals surface area (Å²) in [6.45, 7) is 14.0. The van der Waals surface area contributed by atoms with Gasteiger partial charge in [0.15, 0.2) is 0 Å². The van der Waals surface area contributed by atoms with E-state index < -0.39 is 0 Å². The Morgan fingerprint density at radius 2 is 1.51 bits per heavy atom. The average molecular weight is 508 g/mol. The molecule has 0 saturated carbocycles. The second kappa shape index (κ2) is 11.9. The number of aliphatic imine (C=N–C) groups is 1. The summed E-state index contributed by atoms with van der Waals surface area (Å²) in [5.74, 6) is 1.02. The fourth-order valence-corrected chi connectivity index (χ4v) is 6.53. The van der Waals surface area contributed by atoms with Crippen molar-refractivity contribution >= 4 is 25.3 Å². The molecule has 0 aromatic heterocycles. The summed E-state index contributed by atoms with van der Waals surface area (Å²) < 4.78 is 6.56. The predicted octanol–water partition coefficient (Wildman–Crippen LogP) is 8.96. The molecule has 0 aliphatic heterocycles. The van der Waals surface area contributed by atoms with E-state index in [1.165, 1.54) is 38.7 Å². The third-order valence-electron chi connectivity index (χ3n) is 7.06. The molecule has 0 spiro atoms. The first-order valence-electron chi connectivity index (χ1n) is 13.1. The van der Waals surface area contributed by atoms with E-state index in [9.17, 15) is 0 Å². The molecular formula is C34H38NOP. The second-order valence-electron chi connectivity index (χ2n) is 10.1. The summed E-state index contributed by atoms with van der Waals surface area (Å²) >= 11 is 0. The molecule has 0 amide bonds. The van der Waals surface area contributed by atoms with Crippen molar-refractivity contribution in [3.63, 3.8) is 0 Å². The minimum absolute atomic E-state index is 0.0727. The van der Waals surface area contributed by atoms with Crippen LogP contribution < -0.4 is 10.0 Å². The quantitative estimate of drug-likeness (QED) is 0.164. The number of rotatable bonds is 9. The van der Waals surface area contributed by atoms with E-state index in [2.05, 4.69) is 108 Å². The maximum Gasteiger partial charge on any atom is 0.126 e. The topological polar surface area (TPSA) is 21.6 Å². The highest BCUT2D eigenvalue weighted by atomic mass is 31.1. The molecule has 0 radical (unpaired) electrons. The van der Waals surface area contributed by atoms with Crippen LogP contribution in [0.4, 0.5) is 5.69 Å². The molecule has 2 nitrogen and oxygen atoms in total. The van der Waals surface area contributed by atoms with Gasteiger partial charge in [0.25, 0.3) is 0 Å². The van der Waals surface area contributed by atoms with Gasteiger partial charge < -0.3 is 4.74 Å². The third-order valence-corrected chi connectivity index (χ3v) is 9.15. The Morgan fingerprint density at radius 3 is 2.19 bits per heavy atom. The van der Waals surface area contributed by atoms with E-state index in [0.717, 1.165) is 23.6 Å². The zero-order valence-corrected chi connectivity index (χ0v) is 23.9. The standard InChI is InChI=1S/C34H38NOP/c1-7-34(6,31-22-24(2)21-26(4)32(31)36-23-28-16-10-8-11-17-28)37-33-25(3)15-14-20-30(33)27(5)35-29-18-12-9-13-19-29/h8-22,37H,7,23H2,1-6H3/b35-27+. The fourth-order valence-electron chi connectivity index (χ4n) is 4.80. The van der Waals surface area contributed by atoms with Gasteiger partial charge in [0.05, 0.1) is 5.69 Å². The fraction of sp³-hybridized carbons (Fsp3) is 0.265. The van der Waals surface area contributed by atoms with E-state index in [-0.39, 0.29) is 5.16 Å². The minimum Gasteiger partial charge on any atom is -0.488 e. The van der Waals surface area contributed by atoms with Crippen molar-refractivity contribution in [2.45, 2.75) is 59.7 Å². The van der Waals surface area contributed by atoms with Crippen molar-refractivity contribution in [1.82, 2.24) is 0 Å².